The van der Waals surface area contributed by atoms with Gasteiger partial charge in [-0.15, -0.1) is 0 Å². The fraction of sp³-hybridized carbons (Fsp3) is 0.381. The molecule has 0 saturated carbocycles. The third kappa shape index (κ3) is 4.50. The molecule has 1 heterocycles. The highest BCUT2D eigenvalue weighted by atomic mass is 35.5. The Bertz CT molecular complexity index is 975. The van der Waals surface area contributed by atoms with Crippen LogP contribution in [0.5, 0.6) is 5.75 Å². The number of sulfone groups is 1. The summed E-state index contributed by atoms with van der Waals surface area (Å²) in [6.45, 7) is 5.12. The lowest BCUT2D eigenvalue weighted by Gasteiger charge is -2.33. The maximum Gasteiger partial charge on any atom is 0.255 e. The zero-order chi connectivity index (χ0) is 20.5. The van der Waals surface area contributed by atoms with E-state index >= 15 is 0 Å². The summed E-state index contributed by atoms with van der Waals surface area (Å²) in [5.41, 5.74) is 2.42. The molecule has 1 aliphatic rings. The van der Waals surface area contributed by atoms with E-state index in [1.54, 1.807) is 4.90 Å². The van der Waals surface area contributed by atoms with Crippen molar-refractivity contribution in [2.45, 2.75) is 37.7 Å². The van der Waals surface area contributed by atoms with Gasteiger partial charge in [0.05, 0.1) is 15.5 Å². The van der Waals surface area contributed by atoms with Gasteiger partial charge in [-0.05, 0) is 43.2 Å². The van der Waals surface area contributed by atoms with Crippen LogP contribution in [0.3, 0.4) is 0 Å². The van der Waals surface area contributed by atoms with E-state index in [9.17, 15) is 13.2 Å². The molecule has 0 unspecified atom stereocenters. The Labute approximate surface area is 171 Å². The normalized spacial score (nSPS) is 15.5. The van der Waals surface area contributed by atoms with Gasteiger partial charge in [-0.3, -0.25) is 4.79 Å². The third-order valence-corrected chi connectivity index (χ3v) is 6.46. The zero-order valence-electron chi connectivity index (χ0n) is 16.2. The molecule has 1 aliphatic heterocycles. The van der Waals surface area contributed by atoms with Crippen molar-refractivity contribution in [2.75, 3.05) is 19.3 Å². The lowest BCUT2D eigenvalue weighted by Crippen LogP contribution is -2.42. The van der Waals surface area contributed by atoms with Crippen LogP contribution in [0.4, 0.5) is 0 Å². The summed E-state index contributed by atoms with van der Waals surface area (Å²) in [6.07, 6.45) is 2.58. The topological polar surface area (TPSA) is 63.7 Å². The number of benzene rings is 2. The number of hydrogen-bond donors (Lipinski definition) is 0. The number of likely N-dealkylation sites (tertiary alicyclic amines) is 1. The molecular formula is C21H24ClNO4S. The molecule has 0 atom stereocenters. The monoisotopic (exact) mass is 421 g/mol. The van der Waals surface area contributed by atoms with Crippen molar-refractivity contribution in [3.8, 4) is 5.75 Å². The highest BCUT2D eigenvalue weighted by Gasteiger charge is 2.27. The molecule has 0 aromatic heterocycles. The summed E-state index contributed by atoms with van der Waals surface area (Å²) in [5, 5.41) is 0.256. The van der Waals surface area contributed by atoms with Gasteiger partial charge < -0.3 is 9.64 Å². The van der Waals surface area contributed by atoms with Gasteiger partial charge in [-0.2, -0.15) is 0 Å². The van der Waals surface area contributed by atoms with Crippen LogP contribution in [0.1, 0.15) is 34.3 Å². The number of carbonyl (C=O) groups excluding carboxylic acids is 1. The van der Waals surface area contributed by atoms with E-state index in [4.69, 9.17) is 16.3 Å². The van der Waals surface area contributed by atoms with Gasteiger partial charge in [0.1, 0.15) is 11.9 Å². The smallest absolute Gasteiger partial charge is 0.255 e. The number of amides is 1. The van der Waals surface area contributed by atoms with E-state index in [2.05, 4.69) is 0 Å². The first-order valence-electron chi connectivity index (χ1n) is 9.18. The van der Waals surface area contributed by atoms with E-state index < -0.39 is 9.84 Å². The van der Waals surface area contributed by atoms with Gasteiger partial charge in [-0.25, -0.2) is 8.42 Å². The number of halogens is 1. The molecule has 2 aromatic carbocycles. The Kier molecular flexibility index (Phi) is 6.01. The number of hydrogen-bond acceptors (Lipinski definition) is 4. The molecule has 5 nitrogen and oxygen atoms in total. The van der Waals surface area contributed by atoms with Crippen molar-refractivity contribution in [3.05, 3.63) is 58.1 Å². The van der Waals surface area contributed by atoms with E-state index in [1.807, 2.05) is 32.0 Å². The van der Waals surface area contributed by atoms with Crippen molar-refractivity contribution < 1.29 is 17.9 Å². The highest BCUT2D eigenvalue weighted by Crippen LogP contribution is 2.28. The number of carbonyl (C=O) groups is 1. The lowest BCUT2D eigenvalue weighted by molar-refractivity contribution is 0.0593. The molecule has 0 radical (unpaired) electrons. The SMILES string of the molecule is Cc1cccc(C)c1OC1CCN(C(=O)c2cc(S(C)(=O)=O)ccc2Cl)CC1. The van der Waals surface area contributed by atoms with Crippen LogP contribution in [0.2, 0.25) is 5.02 Å². The summed E-state index contributed by atoms with van der Waals surface area (Å²) in [4.78, 5) is 14.7. The predicted octanol–water partition coefficient (Wildman–Crippen LogP) is 4.04. The highest BCUT2D eigenvalue weighted by molar-refractivity contribution is 7.90. The summed E-state index contributed by atoms with van der Waals surface area (Å²) < 4.78 is 29.8. The second kappa shape index (κ2) is 8.13. The van der Waals surface area contributed by atoms with E-state index in [-0.39, 0.29) is 27.5 Å². The first-order valence-corrected chi connectivity index (χ1v) is 11.5. The molecule has 0 spiro atoms. The molecule has 1 saturated heterocycles. The van der Waals surface area contributed by atoms with Gasteiger partial charge in [-0.1, -0.05) is 29.8 Å². The molecule has 1 fully saturated rings. The minimum atomic E-state index is -3.41. The molecule has 1 amide bonds. The molecule has 3 rings (SSSR count). The van der Waals surface area contributed by atoms with Crippen molar-refractivity contribution in [1.29, 1.82) is 0 Å². The van der Waals surface area contributed by atoms with E-state index in [0.717, 1.165) is 23.1 Å². The second-order valence-corrected chi connectivity index (χ2v) is 9.67. The average molecular weight is 422 g/mol. The van der Waals surface area contributed by atoms with Gasteiger partial charge in [0.2, 0.25) is 0 Å². The van der Waals surface area contributed by atoms with Crippen LogP contribution in [-0.4, -0.2) is 44.7 Å². The Hall–Kier alpha value is -2.05. The first-order chi connectivity index (χ1) is 13.2. The van der Waals surface area contributed by atoms with E-state index in [0.29, 0.717) is 25.9 Å². The van der Waals surface area contributed by atoms with E-state index in [1.165, 1.54) is 18.2 Å². The van der Waals surface area contributed by atoms with Crippen LogP contribution < -0.4 is 4.74 Å². The second-order valence-electron chi connectivity index (χ2n) is 7.24. The van der Waals surface area contributed by atoms with Crippen molar-refractivity contribution in [2.24, 2.45) is 0 Å². The quantitative estimate of drug-likeness (QED) is 0.747. The average Bonchev–Trinajstić information content (AvgIpc) is 2.64. The minimum Gasteiger partial charge on any atom is -0.490 e. The number of ether oxygens (including phenoxy) is 1. The van der Waals surface area contributed by atoms with Crippen LogP contribution >= 0.6 is 11.6 Å². The standard InChI is InChI=1S/C21H24ClNO4S/c1-14-5-4-6-15(2)20(14)27-16-9-11-23(12-10-16)21(24)18-13-17(28(3,25)26)7-8-19(18)22/h4-8,13,16H,9-12H2,1-3H3. The summed E-state index contributed by atoms with van der Waals surface area (Å²) in [7, 11) is -3.41. The molecule has 28 heavy (non-hydrogen) atoms. The van der Waals surface area contributed by atoms with Crippen molar-refractivity contribution >= 4 is 27.3 Å². The summed E-state index contributed by atoms with van der Waals surface area (Å²) in [5.74, 6) is 0.664. The maximum absolute atomic E-state index is 12.9. The van der Waals surface area contributed by atoms with Crippen molar-refractivity contribution in [1.82, 2.24) is 4.90 Å². The zero-order valence-corrected chi connectivity index (χ0v) is 17.8. The predicted molar refractivity (Wildman–Crippen MR) is 110 cm³/mol. The Morgan fingerprint density at radius 3 is 2.29 bits per heavy atom. The van der Waals surface area contributed by atoms with Gasteiger partial charge in [0, 0.05) is 32.2 Å². The largest absolute Gasteiger partial charge is 0.490 e. The fourth-order valence-electron chi connectivity index (χ4n) is 3.40. The Morgan fingerprint density at radius 1 is 1.11 bits per heavy atom. The van der Waals surface area contributed by atoms with Gasteiger partial charge in [0.25, 0.3) is 5.91 Å². The van der Waals surface area contributed by atoms with Crippen LogP contribution in [0, 0.1) is 13.8 Å². The summed E-state index contributed by atoms with van der Waals surface area (Å²) >= 11 is 6.16. The van der Waals surface area contributed by atoms with Crippen LogP contribution in [-0.2, 0) is 9.84 Å². The molecule has 150 valence electrons. The molecule has 0 bridgehead atoms. The molecular weight excluding hydrogens is 398 g/mol. The van der Waals surface area contributed by atoms with Crippen molar-refractivity contribution in [3.63, 3.8) is 0 Å². The van der Waals surface area contributed by atoms with Crippen LogP contribution in [0.15, 0.2) is 41.3 Å². The third-order valence-electron chi connectivity index (χ3n) is 5.02. The van der Waals surface area contributed by atoms with Gasteiger partial charge in [0.15, 0.2) is 9.84 Å². The molecule has 0 N–H and O–H groups in total. The van der Waals surface area contributed by atoms with Crippen LogP contribution in [0.25, 0.3) is 0 Å². The number of nitrogens with zero attached hydrogens (tertiary/aromatic N) is 1. The minimum absolute atomic E-state index is 0.0432. The summed E-state index contributed by atoms with van der Waals surface area (Å²) in [6, 6.07) is 10.3. The number of para-hydroxylation sites is 1. The Morgan fingerprint density at radius 2 is 1.71 bits per heavy atom. The Balaban J connectivity index is 1.69. The molecule has 0 aliphatic carbocycles. The molecule has 7 heteroatoms. The number of piperidine rings is 1. The number of rotatable bonds is 4. The first kappa shape index (κ1) is 20.7. The molecule has 2 aromatic rings. The van der Waals surface area contributed by atoms with Gasteiger partial charge >= 0.3 is 0 Å². The number of aryl methyl sites for hydroxylation is 2. The fourth-order valence-corrected chi connectivity index (χ4v) is 4.24. The lowest BCUT2D eigenvalue weighted by atomic mass is 10.1. The maximum atomic E-state index is 12.9.